The van der Waals surface area contributed by atoms with Crippen molar-refractivity contribution in [2.75, 3.05) is 31.2 Å². The monoisotopic (exact) mass is 400 g/mol. The van der Waals surface area contributed by atoms with E-state index < -0.39 is 9.84 Å². The van der Waals surface area contributed by atoms with Crippen molar-refractivity contribution >= 4 is 26.2 Å². The molecule has 1 fully saturated rings. The fourth-order valence-corrected chi connectivity index (χ4v) is 5.79. The fraction of sp³-hybridized carbons (Fsp3) is 0.250. The third-order valence-corrected chi connectivity index (χ3v) is 7.47. The number of rotatable bonds is 4. The van der Waals surface area contributed by atoms with Crippen molar-refractivity contribution in [1.29, 1.82) is 0 Å². The van der Waals surface area contributed by atoms with Gasteiger partial charge in [0.2, 0.25) is 9.84 Å². The molecule has 1 aliphatic rings. The number of hydrogen-bond donors (Lipinski definition) is 0. The zero-order valence-electron chi connectivity index (χ0n) is 15.0. The molecule has 7 heteroatoms. The van der Waals surface area contributed by atoms with Gasteiger partial charge in [0.1, 0.15) is 10.0 Å². The molecule has 0 saturated carbocycles. The maximum Gasteiger partial charge on any atom is 0.226 e. The number of morpholine rings is 1. The van der Waals surface area contributed by atoms with Crippen LogP contribution >= 0.6 is 11.3 Å². The summed E-state index contributed by atoms with van der Waals surface area (Å²) in [5, 5.41) is 1.54. The minimum Gasteiger partial charge on any atom is -0.378 e. The minimum absolute atomic E-state index is 0.136. The zero-order chi connectivity index (χ0) is 18.9. The van der Waals surface area contributed by atoms with E-state index in [1.807, 2.05) is 49.4 Å². The van der Waals surface area contributed by atoms with Gasteiger partial charge in [-0.05, 0) is 19.1 Å². The van der Waals surface area contributed by atoms with Crippen LogP contribution in [0.15, 0.2) is 64.5 Å². The molecule has 3 aromatic rings. The first-order valence-electron chi connectivity index (χ1n) is 8.76. The second-order valence-electron chi connectivity index (χ2n) is 6.41. The van der Waals surface area contributed by atoms with Gasteiger partial charge in [-0.25, -0.2) is 13.4 Å². The lowest BCUT2D eigenvalue weighted by atomic mass is 10.2. The van der Waals surface area contributed by atoms with E-state index >= 15 is 0 Å². The van der Waals surface area contributed by atoms with Crippen LogP contribution in [0.5, 0.6) is 0 Å². The Kier molecular flexibility index (Phi) is 4.99. The molecule has 2 aromatic carbocycles. The smallest absolute Gasteiger partial charge is 0.226 e. The first-order chi connectivity index (χ1) is 13.1. The standard InChI is InChI=1S/C20H20N2O3S2/c1-15-7-9-17(10-8-15)27(23,24)19-20(22-11-13-25-14-12-22)26-18(21-19)16-5-3-2-4-6-16/h2-10H,11-14H2,1H3. The molecular formula is C20H20N2O3S2. The van der Waals surface area contributed by atoms with Gasteiger partial charge < -0.3 is 9.64 Å². The van der Waals surface area contributed by atoms with Gasteiger partial charge in [-0.1, -0.05) is 59.4 Å². The highest BCUT2D eigenvalue weighted by molar-refractivity contribution is 7.91. The highest BCUT2D eigenvalue weighted by Gasteiger charge is 2.30. The summed E-state index contributed by atoms with van der Waals surface area (Å²) in [5.41, 5.74) is 1.94. The van der Waals surface area contributed by atoms with Crippen molar-refractivity contribution in [3.8, 4) is 10.6 Å². The van der Waals surface area contributed by atoms with Crippen LogP contribution in [0.25, 0.3) is 10.6 Å². The lowest BCUT2D eigenvalue weighted by Gasteiger charge is -2.27. The van der Waals surface area contributed by atoms with Crippen molar-refractivity contribution in [2.24, 2.45) is 0 Å². The number of sulfone groups is 1. The number of nitrogens with zero attached hydrogens (tertiary/aromatic N) is 2. The first kappa shape index (κ1) is 18.2. The van der Waals surface area contributed by atoms with Crippen LogP contribution in [-0.2, 0) is 14.6 Å². The predicted molar refractivity (Wildman–Crippen MR) is 107 cm³/mol. The largest absolute Gasteiger partial charge is 0.378 e. The zero-order valence-corrected chi connectivity index (χ0v) is 16.6. The number of aryl methyl sites for hydroxylation is 1. The number of thiazole rings is 1. The number of anilines is 1. The average molecular weight is 401 g/mol. The third kappa shape index (κ3) is 3.63. The Hall–Kier alpha value is -2.22. The Balaban J connectivity index is 1.84. The molecule has 1 aliphatic heterocycles. The Morgan fingerprint density at radius 3 is 2.33 bits per heavy atom. The molecule has 1 saturated heterocycles. The number of aromatic nitrogens is 1. The number of hydrogen-bond acceptors (Lipinski definition) is 6. The lowest BCUT2D eigenvalue weighted by Crippen LogP contribution is -2.36. The molecule has 0 atom stereocenters. The molecule has 0 spiro atoms. The lowest BCUT2D eigenvalue weighted by molar-refractivity contribution is 0.123. The van der Waals surface area contributed by atoms with E-state index in [0.717, 1.165) is 11.1 Å². The first-order valence-corrected chi connectivity index (χ1v) is 11.1. The van der Waals surface area contributed by atoms with Crippen LogP contribution in [0.2, 0.25) is 0 Å². The summed E-state index contributed by atoms with van der Waals surface area (Å²) in [7, 11) is -3.71. The Labute approximate surface area is 163 Å². The molecule has 5 nitrogen and oxygen atoms in total. The molecule has 0 radical (unpaired) electrons. The van der Waals surface area contributed by atoms with Crippen LogP contribution in [0.3, 0.4) is 0 Å². The number of benzene rings is 2. The van der Waals surface area contributed by atoms with Crippen molar-refractivity contribution in [3.05, 3.63) is 60.2 Å². The SMILES string of the molecule is Cc1ccc(S(=O)(=O)c2nc(-c3ccccc3)sc2N2CCOCC2)cc1. The van der Waals surface area contributed by atoms with E-state index in [0.29, 0.717) is 36.3 Å². The second-order valence-corrected chi connectivity index (χ2v) is 9.25. The van der Waals surface area contributed by atoms with Gasteiger partial charge in [-0.15, -0.1) is 0 Å². The van der Waals surface area contributed by atoms with E-state index in [-0.39, 0.29) is 9.92 Å². The van der Waals surface area contributed by atoms with Crippen molar-refractivity contribution in [1.82, 2.24) is 4.98 Å². The van der Waals surface area contributed by atoms with Crippen molar-refractivity contribution < 1.29 is 13.2 Å². The van der Waals surface area contributed by atoms with Crippen LogP contribution < -0.4 is 4.90 Å². The van der Waals surface area contributed by atoms with Crippen molar-refractivity contribution in [2.45, 2.75) is 16.8 Å². The topological polar surface area (TPSA) is 59.5 Å². The van der Waals surface area contributed by atoms with Gasteiger partial charge in [0, 0.05) is 18.7 Å². The van der Waals surface area contributed by atoms with Crippen molar-refractivity contribution in [3.63, 3.8) is 0 Å². The van der Waals surface area contributed by atoms with E-state index in [1.54, 1.807) is 12.1 Å². The van der Waals surface area contributed by atoms with Gasteiger partial charge in [-0.3, -0.25) is 0 Å². The van der Waals surface area contributed by atoms with E-state index in [9.17, 15) is 8.42 Å². The molecule has 0 aliphatic carbocycles. The Morgan fingerprint density at radius 2 is 1.67 bits per heavy atom. The Morgan fingerprint density at radius 1 is 1.00 bits per heavy atom. The van der Waals surface area contributed by atoms with Crippen LogP contribution in [-0.4, -0.2) is 39.7 Å². The second kappa shape index (κ2) is 7.42. The highest BCUT2D eigenvalue weighted by Crippen LogP contribution is 2.39. The fourth-order valence-electron chi connectivity index (χ4n) is 2.97. The normalized spacial score (nSPS) is 15.1. The molecule has 140 valence electrons. The summed E-state index contributed by atoms with van der Waals surface area (Å²) in [5.74, 6) is 0. The minimum atomic E-state index is -3.71. The average Bonchev–Trinajstić information content (AvgIpc) is 3.16. The summed E-state index contributed by atoms with van der Waals surface area (Å²) in [6, 6.07) is 16.6. The third-order valence-electron chi connectivity index (χ3n) is 4.48. The summed E-state index contributed by atoms with van der Waals surface area (Å²) >= 11 is 1.42. The van der Waals surface area contributed by atoms with Crippen LogP contribution in [0, 0.1) is 6.92 Å². The van der Waals surface area contributed by atoms with E-state index in [4.69, 9.17) is 4.74 Å². The maximum atomic E-state index is 13.3. The van der Waals surface area contributed by atoms with E-state index in [2.05, 4.69) is 9.88 Å². The maximum absolute atomic E-state index is 13.3. The number of ether oxygens (including phenoxy) is 1. The van der Waals surface area contributed by atoms with Gasteiger partial charge in [0.05, 0.1) is 18.1 Å². The van der Waals surface area contributed by atoms with Gasteiger partial charge in [-0.2, -0.15) is 0 Å². The van der Waals surface area contributed by atoms with E-state index in [1.165, 1.54) is 11.3 Å². The summed E-state index contributed by atoms with van der Waals surface area (Å²) in [4.78, 5) is 6.91. The molecule has 0 N–H and O–H groups in total. The van der Waals surface area contributed by atoms with Crippen LogP contribution in [0.1, 0.15) is 5.56 Å². The summed E-state index contributed by atoms with van der Waals surface area (Å²) < 4.78 is 32.1. The quantitative estimate of drug-likeness (QED) is 0.667. The van der Waals surface area contributed by atoms with Gasteiger partial charge >= 0.3 is 0 Å². The molecule has 1 aromatic heterocycles. The molecule has 4 rings (SSSR count). The molecule has 2 heterocycles. The highest BCUT2D eigenvalue weighted by atomic mass is 32.2. The van der Waals surface area contributed by atoms with Gasteiger partial charge in [0.15, 0.2) is 5.03 Å². The van der Waals surface area contributed by atoms with Gasteiger partial charge in [0.25, 0.3) is 0 Å². The molecule has 0 unspecified atom stereocenters. The molecule has 27 heavy (non-hydrogen) atoms. The molecular weight excluding hydrogens is 380 g/mol. The summed E-state index contributed by atoms with van der Waals surface area (Å²) in [6.45, 7) is 4.43. The summed E-state index contributed by atoms with van der Waals surface area (Å²) in [6.07, 6.45) is 0. The van der Waals surface area contributed by atoms with Crippen LogP contribution in [0.4, 0.5) is 5.00 Å². The Bertz CT molecular complexity index is 1020. The molecule has 0 amide bonds. The predicted octanol–water partition coefficient (Wildman–Crippen LogP) is 3.79. The molecule has 0 bridgehead atoms.